The zero-order valence-corrected chi connectivity index (χ0v) is 14.5. The largest absolute Gasteiger partial charge is 0.351 e. The van der Waals surface area contributed by atoms with Gasteiger partial charge in [0, 0.05) is 31.9 Å². The second-order valence-corrected chi connectivity index (χ2v) is 6.41. The van der Waals surface area contributed by atoms with Crippen molar-refractivity contribution < 1.29 is 4.79 Å². The van der Waals surface area contributed by atoms with Crippen LogP contribution in [-0.4, -0.2) is 26.8 Å². The molecule has 0 fully saturated rings. The average Bonchev–Trinajstić information content (AvgIpc) is 3.15. The van der Waals surface area contributed by atoms with Gasteiger partial charge in [-0.25, -0.2) is 0 Å². The lowest BCUT2D eigenvalue weighted by atomic mass is 10.1. The fourth-order valence-electron chi connectivity index (χ4n) is 2.86. The molecule has 1 aromatic carbocycles. The van der Waals surface area contributed by atoms with Gasteiger partial charge >= 0.3 is 0 Å². The molecule has 0 radical (unpaired) electrons. The summed E-state index contributed by atoms with van der Waals surface area (Å²) in [4.78, 5) is 12.3. The summed E-state index contributed by atoms with van der Waals surface area (Å²) in [7, 11) is 1.81. The summed E-state index contributed by atoms with van der Waals surface area (Å²) in [6, 6.07) is 12.3. The van der Waals surface area contributed by atoms with Gasteiger partial charge < -0.3 is 9.88 Å². The third-order valence-corrected chi connectivity index (χ3v) is 4.26. The quantitative estimate of drug-likeness (QED) is 0.707. The van der Waals surface area contributed by atoms with E-state index in [1.54, 1.807) is 4.68 Å². The monoisotopic (exact) mass is 324 g/mol. The standard InChI is InChI=1S/C19H24N4O/c1-14(2)16-13-18(22(3)21-16)19(24)20-10-6-11-23-12-9-15-7-4-5-8-17(15)23/h4-5,7-9,12-14H,6,10-11H2,1-3H3,(H,20,24). The second kappa shape index (κ2) is 6.91. The minimum atomic E-state index is -0.0609. The molecular formula is C19H24N4O. The topological polar surface area (TPSA) is 51.9 Å². The zero-order valence-electron chi connectivity index (χ0n) is 14.5. The van der Waals surface area contributed by atoms with Crippen molar-refractivity contribution in [1.82, 2.24) is 19.7 Å². The highest BCUT2D eigenvalue weighted by molar-refractivity contribution is 5.92. The number of carbonyl (C=O) groups excluding carboxylic acids is 1. The Morgan fingerprint density at radius 2 is 2.04 bits per heavy atom. The van der Waals surface area contributed by atoms with E-state index >= 15 is 0 Å². The Bertz CT molecular complexity index is 844. The SMILES string of the molecule is CC(C)c1cc(C(=O)NCCCn2ccc3ccccc32)n(C)n1. The maximum absolute atomic E-state index is 12.3. The molecule has 0 spiro atoms. The highest BCUT2D eigenvalue weighted by Crippen LogP contribution is 2.15. The molecule has 0 unspecified atom stereocenters. The van der Waals surface area contributed by atoms with Gasteiger partial charge in [0.25, 0.3) is 5.91 Å². The maximum Gasteiger partial charge on any atom is 0.269 e. The van der Waals surface area contributed by atoms with Gasteiger partial charge in [-0.15, -0.1) is 0 Å². The molecule has 3 rings (SSSR count). The molecule has 0 saturated carbocycles. The Morgan fingerprint density at radius 3 is 2.79 bits per heavy atom. The average molecular weight is 324 g/mol. The first-order valence-electron chi connectivity index (χ1n) is 8.42. The number of aromatic nitrogens is 3. The van der Waals surface area contributed by atoms with Crippen LogP contribution in [0.3, 0.4) is 0 Å². The summed E-state index contributed by atoms with van der Waals surface area (Å²) < 4.78 is 3.88. The fraction of sp³-hybridized carbons (Fsp3) is 0.368. The number of nitrogens with one attached hydrogen (secondary N) is 1. The first-order chi connectivity index (χ1) is 11.6. The summed E-state index contributed by atoms with van der Waals surface area (Å²) in [5.41, 5.74) is 2.80. The van der Waals surface area contributed by atoms with Gasteiger partial charge in [0.2, 0.25) is 0 Å². The van der Waals surface area contributed by atoms with E-state index in [9.17, 15) is 4.79 Å². The minimum absolute atomic E-state index is 0.0609. The predicted octanol–water partition coefficient (Wildman–Crippen LogP) is 3.32. The number of hydrogen-bond donors (Lipinski definition) is 1. The fourth-order valence-corrected chi connectivity index (χ4v) is 2.86. The Morgan fingerprint density at radius 1 is 1.25 bits per heavy atom. The van der Waals surface area contributed by atoms with E-state index in [1.165, 1.54) is 10.9 Å². The molecule has 2 heterocycles. The molecule has 0 aliphatic heterocycles. The van der Waals surface area contributed by atoms with Crippen LogP contribution >= 0.6 is 0 Å². The lowest BCUT2D eigenvalue weighted by molar-refractivity contribution is 0.0943. The van der Waals surface area contributed by atoms with Gasteiger partial charge in [-0.05, 0) is 35.9 Å². The van der Waals surface area contributed by atoms with Crippen molar-refractivity contribution in [3.63, 3.8) is 0 Å². The molecule has 126 valence electrons. The van der Waals surface area contributed by atoms with Crippen molar-refractivity contribution >= 4 is 16.8 Å². The molecule has 5 nitrogen and oxygen atoms in total. The summed E-state index contributed by atoms with van der Waals surface area (Å²) in [6.07, 6.45) is 2.99. The van der Waals surface area contributed by atoms with E-state index in [0.717, 1.165) is 18.7 Å². The Kier molecular flexibility index (Phi) is 4.69. The lowest BCUT2D eigenvalue weighted by Crippen LogP contribution is -2.27. The third-order valence-electron chi connectivity index (χ3n) is 4.26. The van der Waals surface area contributed by atoms with Crippen LogP contribution in [0.2, 0.25) is 0 Å². The van der Waals surface area contributed by atoms with E-state index in [-0.39, 0.29) is 5.91 Å². The molecule has 24 heavy (non-hydrogen) atoms. The van der Waals surface area contributed by atoms with Crippen molar-refractivity contribution in [2.45, 2.75) is 32.7 Å². The van der Waals surface area contributed by atoms with Gasteiger partial charge in [0.05, 0.1) is 5.69 Å². The second-order valence-electron chi connectivity index (χ2n) is 6.41. The Labute approximate surface area is 142 Å². The van der Waals surface area contributed by atoms with Crippen molar-refractivity contribution in [2.24, 2.45) is 7.05 Å². The minimum Gasteiger partial charge on any atom is -0.351 e. The normalized spacial score (nSPS) is 11.3. The van der Waals surface area contributed by atoms with Crippen LogP contribution in [0.5, 0.6) is 0 Å². The molecule has 0 aliphatic rings. The molecule has 3 aromatic rings. The number of benzene rings is 1. The summed E-state index contributed by atoms with van der Waals surface area (Å²) in [5, 5.41) is 8.62. The number of rotatable bonds is 6. The third kappa shape index (κ3) is 3.35. The molecule has 1 amide bonds. The van der Waals surface area contributed by atoms with Crippen molar-refractivity contribution in [1.29, 1.82) is 0 Å². The van der Waals surface area contributed by atoms with E-state index in [1.807, 2.05) is 19.2 Å². The van der Waals surface area contributed by atoms with E-state index in [2.05, 4.69) is 59.3 Å². The zero-order chi connectivity index (χ0) is 17.1. The molecular weight excluding hydrogens is 300 g/mol. The van der Waals surface area contributed by atoms with Crippen molar-refractivity contribution in [3.05, 3.63) is 54.0 Å². The van der Waals surface area contributed by atoms with Crippen LogP contribution in [0.15, 0.2) is 42.6 Å². The summed E-state index contributed by atoms with van der Waals surface area (Å²) >= 11 is 0. The maximum atomic E-state index is 12.3. The molecule has 1 N–H and O–H groups in total. The van der Waals surface area contributed by atoms with Gasteiger partial charge in [-0.3, -0.25) is 9.48 Å². The van der Waals surface area contributed by atoms with Crippen molar-refractivity contribution in [2.75, 3.05) is 6.54 Å². The first kappa shape index (κ1) is 16.3. The number of amides is 1. The lowest BCUT2D eigenvalue weighted by Gasteiger charge is -2.07. The summed E-state index contributed by atoms with van der Waals surface area (Å²) in [5.74, 6) is 0.258. The van der Waals surface area contributed by atoms with Crippen molar-refractivity contribution in [3.8, 4) is 0 Å². The van der Waals surface area contributed by atoms with Gasteiger partial charge in [0.15, 0.2) is 0 Å². The molecule has 0 saturated heterocycles. The predicted molar refractivity (Wildman–Crippen MR) is 96.2 cm³/mol. The molecule has 5 heteroatoms. The summed E-state index contributed by atoms with van der Waals surface area (Å²) in [6.45, 7) is 5.68. The number of carbonyl (C=O) groups is 1. The van der Waals surface area contributed by atoms with Crippen LogP contribution in [-0.2, 0) is 13.6 Å². The highest BCUT2D eigenvalue weighted by atomic mass is 16.2. The Hall–Kier alpha value is -2.56. The highest BCUT2D eigenvalue weighted by Gasteiger charge is 2.14. The van der Waals surface area contributed by atoms with Gasteiger partial charge in [-0.2, -0.15) is 5.10 Å². The van der Waals surface area contributed by atoms with Crippen LogP contribution in [0, 0.1) is 0 Å². The number of fused-ring (bicyclic) bond motifs is 1. The number of nitrogens with zero attached hydrogens (tertiary/aromatic N) is 3. The molecule has 0 bridgehead atoms. The van der Waals surface area contributed by atoms with Crippen LogP contribution in [0.4, 0.5) is 0 Å². The number of hydrogen-bond acceptors (Lipinski definition) is 2. The van der Waals surface area contributed by atoms with Gasteiger partial charge in [0.1, 0.15) is 5.69 Å². The molecule has 2 aromatic heterocycles. The van der Waals surface area contributed by atoms with Crippen LogP contribution < -0.4 is 5.32 Å². The van der Waals surface area contributed by atoms with E-state index in [0.29, 0.717) is 18.2 Å². The van der Waals surface area contributed by atoms with Crippen LogP contribution in [0.1, 0.15) is 42.4 Å². The van der Waals surface area contributed by atoms with E-state index in [4.69, 9.17) is 0 Å². The van der Waals surface area contributed by atoms with Crippen LogP contribution in [0.25, 0.3) is 10.9 Å². The Balaban J connectivity index is 1.54. The van der Waals surface area contributed by atoms with Gasteiger partial charge in [-0.1, -0.05) is 32.0 Å². The molecule has 0 atom stereocenters. The van der Waals surface area contributed by atoms with E-state index < -0.39 is 0 Å². The molecule has 0 aliphatic carbocycles. The first-order valence-corrected chi connectivity index (χ1v) is 8.42. The number of para-hydroxylation sites is 1. The number of aryl methyl sites for hydroxylation is 2. The smallest absolute Gasteiger partial charge is 0.269 e.